The van der Waals surface area contributed by atoms with Crippen LogP contribution in [-0.2, 0) is 0 Å². The van der Waals surface area contributed by atoms with Crippen LogP contribution in [0.2, 0.25) is 5.15 Å². The van der Waals surface area contributed by atoms with Crippen molar-refractivity contribution >= 4 is 11.6 Å². The van der Waals surface area contributed by atoms with E-state index in [9.17, 15) is 0 Å². The summed E-state index contributed by atoms with van der Waals surface area (Å²) in [6.45, 7) is 0. The molecule has 0 radical (unpaired) electrons. The first-order valence-corrected chi connectivity index (χ1v) is 1.92. The van der Waals surface area contributed by atoms with Crippen LogP contribution in [0.3, 0.4) is 0 Å². The highest BCUT2D eigenvalue weighted by Crippen LogP contribution is 1.96. The lowest BCUT2D eigenvalue weighted by Gasteiger charge is -1.64. The number of hydrogen-bond donors (Lipinski definition) is 1. The van der Waals surface area contributed by atoms with Gasteiger partial charge in [0, 0.05) is 0 Å². The monoisotopic (exact) mass is 102 g/mol. The minimum atomic E-state index is 0.579. The molecule has 0 bridgehead atoms. The first-order chi connectivity index (χ1) is 2.89. The van der Waals surface area contributed by atoms with Crippen LogP contribution in [0.5, 0.6) is 0 Å². The first-order valence-electron chi connectivity index (χ1n) is 1.54. The van der Waals surface area contributed by atoms with E-state index in [1.54, 1.807) is 12.3 Å². The third-order valence-corrected chi connectivity index (χ3v) is 0.677. The quantitative estimate of drug-likeness (QED) is 0.522. The summed E-state index contributed by atoms with van der Waals surface area (Å²) < 4.78 is 0. The van der Waals surface area contributed by atoms with E-state index in [1.165, 1.54) is 0 Å². The van der Waals surface area contributed by atoms with Crippen LogP contribution in [0.4, 0.5) is 0 Å². The Balaban J connectivity index is 3.05. The largest absolute Gasteiger partial charge is 0.267 e. The van der Waals surface area contributed by atoms with E-state index in [0.29, 0.717) is 5.15 Å². The Morgan fingerprint density at radius 2 is 2.67 bits per heavy atom. The highest BCUT2D eigenvalue weighted by atomic mass is 35.5. The van der Waals surface area contributed by atoms with Crippen LogP contribution in [0.15, 0.2) is 12.3 Å². The third kappa shape index (κ3) is 0.518. The molecule has 2 nitrogen and oxygen atoms in total. The molecule has 0 fully saturated rings. The summed E-state index contributed by atoms with van der Waals surface area (Å²) in [6, 6.07) is 1.68. The topological polar surface area (TPSA) is 28.7 Å². The molecule has 6 heavy (non-hydrogen) atoms. The van der Waals surface area contributed by atoms with Gasteiger partial charge in [0.25, 0.3) is 0 Å². The number of H-pyrrole nitrogens is 1. The fourth-order valence-corrected chi connectivity index (χ4v) is 0.344. The molecular weight excluding hydrogens is 99.5 g/mol. The average Bonchev–Trinajstić information content (AvgIpc) is 1.86. The lowest BCUT2D eigenvalue weighted by atomic mass is 10.8. The Hall–Kier alpha value is -0.500. The summed E-state index contributed by atoms with van der Waals surface area (Å²) in [5.41, 5.74) is 0. The van der Waals surface area contributed by atoms with E-state index in [4.69, 9.17) is 11.6 Å². The number of halogens is 1. The summed E-state index contributed by atoms with van der Waals surface area (Å²) in [5, 5.41) is 6.66. The third-order valence-electron chi connectivity index (χ3n) is 0.467. The van der Waals surface area contributed by atoms with Crippen molar-refractivity contribution in [3.8, 4) is 0 Å². The van der Waals surface area contributed by atoms with Crippen molar-refractivity contribution in [3.05, 3.63) is 17.4 Å². The van der Waals surface area contributed by atoms with Crippen molar-refractivity contribution in [2.24, 2.45) is 0 Å². The first kappa shape index (κ1) is 3.68. The molecule has 1 N–H and O–H groups in total. The standard InChI is InChI=1S/C3H3ClN2/c4-3-1-2-5-6-3/h1-2H,(H,5,6). The van der Waals surface area contributed by atoms with Gasteiger partial charge >= 0.3 is 0 Å². The Morgan fingerprint density at radius 1 is 1.83 bits per heavy atom. The van der Waals surface area contributed by atoms with Gasteiger partial charge in [-0.15, -0.1) is 0 Å². The van der Waals surface area contributed by atoms with E-state index >= 15 is 0 Å². The molecule has 1 rings (SSSR count). The van der Waals surface area contributed by atoms with E-state index in [2.05, 4.69) is 10.2 Å². The maximum atomic E-state index is 5.34. The maximum absolute atomic E-state index is 5.34. The SMILES string of the molecule is Clc1ccn[nH]1. The highest BCUT2D eigenvalue weighted by molar-refractivity contribution is 6.29. The number of nitrogens with zero attached hydrogens (tertiary/aromatic N) is 1. The van der Waals surface area contributed by atoms with Crippen LogP contribution in [0.1, 0.15) is 0 Å². The van der Waals surface area contributed by atoms with Crippen LogP contribution in [0.25, 0.3) is 0 Å². The molecule has 1 aromatic rings. The fourth-order valence-electron chi connectivity index (χ4n) is 0.239. The van der Waals surface area contributed by atoms with Crippen molar-refractivity contribution in [2.45, 2.75) is 0 Å². The number of rotatable bonds is 0. The number of aromatic nitrogens is 2. The molecule has 0 saturated carbocycles. The van der Waals surface area contributed by atoms with Gasteiger partial charge in [0.05, 0.1) is 6.20 Å². The molecule has 0 saturated heterocycles. The minimum Gasteiger partial charge on any atom is -0.267 e. The maximum Gasteiger partial charge on any atom is 0.124 e. The molecular formula is C3H3ClN2. The molecule has 0 amide bonds. The molecule has 0 atom stereocenters. The van der Waals surface area contributed by atoms with Crippen molar-refractivity contribution < 1.29 is 0 Å². The predicted octanol–water partition coefficient (Wildman–Crippen LogP) is 1.06. The second-order valence-corrected chi connectivity index (χ2v) is 1.31. The zero-order valence-electron chi connectivity index (χ0n) is 2.98. The van der Waals surface area contributed by atoms with Gasteiger partial charge in [-0.3, -0.25) is 5.10 Å². The van der Waals surface area contributed by atoms with Gasteiger partial charge in [0.1, 0.15) is 5.15 Å². The van der Waals surface area contributed by atoms with E-state index in [-0.39, 0.29) is 0 Å². The normalized spacial score (nSPS) is 8.83. The second-order valence-electron chi connectivity index (χ2n) is 0.905. The van der Waals surface area contributed by atoms with E-state index < -0.39 is 0 Å². The molecule has 32 valence electrons. The Labute approximate surface area is 40.1 Å². The summed E-state index contributed by atoms with van der Waals surface area (Å²) in [6.07, 6.45) is 1.60. The van der Waals surface area contributed by atoms with Crippen molar-refractivity contribution in [1.29, 1.82) is 0 Å². The Kier molecular flexibility index (Phi) is 0.801. The van der Waals surface area contributed by atoms with Crippen LogP contribution in [-0.4, -0.2) is 10.2 Å². The van der Waals surface area contributed by atoms with Gasteiger partial charge in [-0.25, -0.2) is 0 Å². The minimum absolute atomic E-state index is 0.579. The number of hydrogen-bond acceptors (Lipinski definition) is 1. The van der Waals surface area contributed by atoms with Gasteiger partial charge in [-0.1, -0.05) is 11.6 Å². The number of aromatic amines is 1. The number of nitrogens with one attached hydrogen (secondary N) is 1. The molecule has 3 heteroatoms. The van der Waals surface area contributed by atoms with Crippen molar-refractivity contribution in [1.82, 2.24) is 10.2 Å². The molecule has 0 aromatic carbocycles. The summed E-state index contributed by atoms with van der Waals surface area (Å²) in [4.78, 5) is 0. The Morgan fingerprint density at radius 3 is 2.83 bits per heavy atom. The van der Waals surface area contributed by atoms with Gasteiger partial charge in [0.2, 0.25) is 0 Å². The lowest BCUT2D eigenvalue weighted by Crippen LogP contribution is -1.58. The molecule has 1 aromatic heterocycles. The van der Waals surface area contributed by atoms with Crippen LogP contribution in [0, 0.1) is 0 Å². The Bertz CT molecular complexity index is 112. The smallest absolute Gasteiger partial charge is 0.124 e. The molecule has 0 spiro atoms. The molecule has 0 aliphatic carbocycles. The van der Waals surface area contributed by atoms with Crippen molar-refractivity contribution in [3.63, 3.8) is 0 Å². The molecule has 1 heterocycles. The fraction of sp³-hybridized carbons (Fsp3) is 0. The summed E-state index contributed by atoms with van der Waals surface area (Å²) in [7, 11) is 0. The van der Waals surface area contributed by atoms with E-state index in [1.807, 2.05) is 0 Å². The van der Waals surface area contributed by atoms with Crippen LogP contribution < -0.4 is 0 Å². The molecule has 0 unspecified atom stereocenters. The van der Waals surface area contributed by atoms with Crippen molar-refractivity contribution in [2.75, 3.05) is 0 Å². The highest BCUT2D eigenvalue weighted by Gasteiger charge is 1.77. The molecule has 0 aliphatic heterocycles. The lowest BCUT2D eigenvalue weighted by molar-refractivity contribution is 1.09. The average molecular weight is 103 g/mol. The molecule has 0 aliphatic rings. The zero-order valence-corrected chi connectivity index (χ0v) is 3.74. The zero-order chi connectivity index (χ0) is 4.41. The summed E-state index contributed by atoms with van der Waals surface area (Å²) in [5.74, 6) is 0. The van der Waals surface area contributed by atoms with Gasteiger partial charge < -0.3 is 0 Å². The summed E-state index contributed by atoms with van der Waals surface area (Å²) >= 11 is 5.34. The van der Waals surface area contributed by atoms with Crippen LogP contribution >= 0.6 is 11.6 Å². The van der Waals surface area contributed by atoms with E-state index in [0.717, 1.165) is 0 Å². The predicted molar refractivity (Wildman–Crippen MR) is 23.6 cm³/mol. The van der Waals surface area contributed by atoms with Gasteiger partial charge in [-0.05, 0) is 6.07 Å². The van der Waals surface area contributed by atoms with Gasteiger partial charge in [0.15, 0.2) is 0 Å². The van der Waals surface area contributed by atoms with Gasteiger partial charge in [-0.2, -0.15) is 5.10 Å². The second kappa shape index (κ2) is 1.30.